The van der Waals surface area contributed by atoms with Crippen LogP contribution in [-0.2, 0) is 0 Å². The van der Waals surface area contributed by atoms with Crippen LogP contribution in [0.4, 0.5) is 0 Å². The van der Waals surface area contributed by atoms with E-state index in [0.717, 1.165) is 0 Å². The third-order valence-corrected chi connectivity index (χ3v) is 7.52. The number of benzene rings is 6. The molecule has 6 aromatic carbocycles. The highest BCUT2D eigenvalue weighted by Crippen LogP contribution is 2.39. The minimum atomic E-state index is 1.17. The Morgan fingerprint density at radius 2 is 0.829 bits per heavy atom. The summed E-state index contributed by atoms with van der Waals surface area (Å²) in [4.78, 5) is 0. The molecule has 0 N–H and O–H groups in total. The Labute approximate surface area is 242 Å². The SMILES string of the molecule is C=CC.Cc1ccc(-c2ccccc2-c2ccccc2-c2ccc(-n3c4ccccc4c4ccccc43)cc2)cc1. The van der Waals surface area contributed by atoms with E-state index in [1.165, 1.54) is 66.4 Å². The maximum absolute atomic E-state index is 3.36. The Kier molecular flexibility index (Phi) is 7.34. The molecule has 1 heteroatoms. The fourth-order valence-corrected chi connectivity index (χ4v) is 5.66. The number of allylic oxidation sites excluding steroid dienone is 1. The van der Waals surface area contributed by atoms with E-state index in [4.69, 9.17) is 0 Å². The van der Waals surface area contributed by atoms with Crippen LogP contribution in [0.15, 0.2) is 158 Å². The van der Waals surface area contributed by atoms with Crippen molar-refractivity contribution in [1.29, 1.82) is 0 Å². The second kappa shape index (κ2) is 11.5. The van der Waals surface area contributed by atoms with E-state index in [-0.39, 0.29) is 0 Å². The summed E-state index contributed by atoms with van der Waals surface area (Å²) in [5.74, 6) is 0. The van der Waals surface area contributed by atoms with Crippen molar-refractivity contribution in [2.75, 3.05) is 0 Å². The quantitative estimate of drug-likeness (QED) is 0.201. The van der Waals surface area contributed by atoms with Crippen LogP contribution in [0.3, 0.4) is 0 Å². The Bertz CT molecular complexity index is 1900. The van der Waals surface area contributed by atoms with Crippen LogP contribution in [-0.4, -0.2) is 4.57 Å². The van der Waals surface area contributed by atoms with Crippen LogP contribution < -0.4 is 0 Å². The summed E-state index contributed by atoms with van der Waals surface area (Å²) in [6.45, 7) is 7.38. The molecule has 1 aromatic heterocycles. The predicted octanol–water partition coefficient (Wildman–Crippen LogP) is 11.3. The fraction of sp³-hybridized carbons (Fsp3) is 0.0500. The van der Waals surface area contributed by atoms with Gasteiger partial charge < -0.3 is 4.57 Å². The maximum Gasteiger partial charge on any atom is 0.0541 e. The summed E-state index contributed by atoms with van der Waals surface area (Å²) in [5, 5.41) is 2.57. The Morgan fingerprint density at radius 3 is 1.29 bits per heavy atom. The summed E-state index contributed by atoms with van der Waals surface area (Å²) < 4.78 is 2.37. The number of para-hydroxylation sites is 2. The Morgan fingerprint density at radius 1 is 0.463 bits per heavy atom. The van der Waals surface area contributed by atoms with Crippen molar-refractivity contribution in [1.82, 2.24) is 4.57 Å². The monoisotopic (exact) mass is 527 g/mol. The molecular weight excluding hydrogens is 494 g/mol. The predicted molar refractivity (Wildman–Crippen MR) is 178 cm³/mol. The molecule has 1 heterocycles. The summed E-state index contributed by atoms with van der Waals surface area (Å²) in [6, 6.07) is 52.6. The highest BCUT2D eigenvalue weighted by Gasteiger charge is 2.14. The average molecular weight is 528 g/mol. The van der Waals surface area contributed by atoms with Gasteiger partial charge in [-0.2, -0.15) is 0 Å². The van der Waals surface area contributed by atoms with Crippen LogP contribution >= 0.6 is 0 Å². The molecule has 0 aliphatic rings. The van der Waals surface area contributed by atoms with Gasteiger partial charge in [0.15, 0.2) is 0 Å². The molecular formula is C40H33N. The van der Waals surface area contributed by atoms with Gasteiger partial charge in [0.25, 0.3) is 0 Å². The molecule has 0 bridgehead atoms. The number of aromatic nitrogens is 1. The van der Waals surface area contributed by atoms with Crippen molar-refractivity contribution in [3.63, 3.8) is 0 Å². The van der Waals surface area contributed by atoms with E-state index >= 15 is 0 Å². The maximum atomic E-state index is 3.36. The molecule has 41 heavy (non-hydrogen) atoms. The molecule has 0 fully saturated rings. The zero-order valence-electron chi connectivity index (χ0n) is 23.6. The van der Waals surface area contributed by atoms with Gasteiger partial charge in [0.2, 0.25) is 0 Å². The van der Waals surface area contributed by atoms with Crippen molar-refractivity contribution < 1.29 is 0 Å². The number of fused-ring (bicyclic) bond motifs is 3. The third kappa shape index (κ3) is 4.99. The first-order chi connectivity index (χ1) is 20.2. The lowest BCUT2D eigenvalue weighted by Gasteiger charge is -2.15. The summed E-state index contributed by atoms with van der Waals surface area (Å²) >= 11 is 0. The largest absolute Gasteiger partial charge is 0.309 e. The third-order valence-electron chi connectivity index (χ3n) is 7.52. The number of rotatable bonds is 4. The smallest absolute Gasteiger partial charge is 0.0541 e. The van der Waals surface area contributed by atoms with Gasteiger partial charge in [0.05, 0.1) is 11.0 Å². The topological polar surface area (TPSA) is 4.93 Å². The Balaban J connectivity index is 0.000000967. The molecule has 198 valence electrons. The molecule has 7 aromatic rings. The van der Waals surface area contributed by atoms with Gasteiger partial charge in [-0.3, -0.25) is 0 Å². The van der Waals surface area contributed by atoms with E-state index in [1.807, 2.05) is 6.92 Å². The lowest BCUT2D eigenvalue weighted by Crippen LogP contribution is -1.94. The molecule has 0 amide bonds. The summed E-state index contributed by atoms with van der Waals surface area (Å²) in [6.07, 6.45) is 1.75. The number of nitrogens with zero attached hydrogens (tertiary/aromatic N) is 1. The van der Waals surface area contributed by atoms with Crippen molar-refractivity contribution in [2.45, 2.75) is 13.8 Å². The van der Waals surface area contributed by atoms with E-state index in [2.05, 4.69) is 164 Å². The van der Waals surface area contributed by atoms with Gasteiger partial charge >= 0.3 is 0 Å². The number of hydrogen-bond acceptors (Lipinski definition) is 0. The minimum absolute atomic E-state index is 1.17. The summed E-state index contributed by atoms with van der Waals surface area (Å²) in [5.41, 5.74) is 12.3. The molecule has 0 aliphatic carbocycles. The lowest BCUT2D eigenvalue weighted by atomic mass is 9.89. The molecule has 0 atom stereocenters. The lowest BCUT2D eigenvalue weighted by molar-refractivity contribution is 1.18. The first kappa shape index (κ1) is 26.1. The van der Waals surface area contributed by atoms with Crippen molar-refractivity contribution in [3.05, 3.63) is 164 Å². The number of hydrogen-bond donors (Lipinski definition) is 0. The highest BCUT2D eigenvalue weighted by molar-refractivity contribution is 6.09. The normalized spacial score (nSPS) is 10.8. The second-order valence-corrected chi connectivity index (χ2v) is 10.3. The van der Waals surface area contributed by atoms with Crippen LogP contribution in [0.25, 0.3) is 60.9 Å². The Hall–Kier alpha value is -5.14. The first-order valence-corrected chi connectivity index (χ1v) is 14.1. The van der Waals surface area contributed by atoms with Crippen molar-refractivity contribution in [2.24, 2.45) is 0 Å². The molecule has 0 spiro atoms. The van der Waals surface area contributed by atoms with Gasteiger partial charge in [0, 0.05) is 16.5 Å². The molecule has 1 nitrogen and oxygen atoms in total. The van der Waals surface area contributed by atoms with Gasteiger partial charge in [-0.1, -0.05) is 133 Å². The van der Waals surface area contributed by atoms with Gasteiger partial charge in [-0.05, 0) is 71.5 Å². The van der Waals surface area contributed by atoms with Gasteiger partial charge in [-0.15, -0.1) is 6.58 Å². The number of aryl methyl sites for hydroxylation is 1. The second-order valence-electron chi connectivity index (χ2n) is 10.3. The van der Waals surface area contributed by atoms with E-state index in [9.17, 15) is 0 Å². The molecule has 0 unspecified atom stereocenters. The molecule has 0 radical (unpaired) electrons. The van der Waals surface area contributed by atoms with Gasteiger partial charge in [0.1, 0.15) is 0 Å². The zero-order chi connectivity index (χ0) is 28.2. The zero-order valence-corrected chi connectivity index (χ0v) is 23.6. The van der Waals surface area contributed by atoms with E-state index in [0.29, 0.717) is 0 Å². The summed E-state index contributed by atoms with van der Waals surface area (Å²) in [7, 11) is 0. The minimum Gasteiger partial charge on any atom is -0.309 e. The van der Waals surface area contributed by atoms with Crippen LogP contribution in [0.1, 0.15) is 12.5 Å². The van der Waals surface area contributed by atoms with Crippen molar-refractivity contribution >= 4 is 21.8 Å². The van der Waals surface area contributed by atoms with Crippen LogP contribution in [0.5, 0.6) is 0 Å². The molecule has 0 saturated carbocycles. The van der Waals surface area contributed by atoms with Gasteiger partial charge in [-0.25, -0.2) is 0 Å². The standard InChI is InChI=1S/C37H27N.C3H6/c1-26-18-20-27(21-19-26)30-10-2-4-12-32(30)33-13-5-3-11-31(33)28-22-24-29(25-23-28)38-36-16-8-6-14-34(36)35-15-7-9-17-37(35)38;1-3-2/h2-25H,1H3;3H,1H2,2H3. The van der Waals surface area contributed by atoms with Crippen LogP contribution in [0.2, 0.25) is 0 Å². The highest BCUT2D eigenvalue weighted by atomic mass is 15.0. The van der Waals surface area contributed by atoms with Crippen molar-refractivity contribution in [3.8, 4) is 39.1 Å². The molecule has 7 rings (SSSR count). The molecule has 0 aliphatic heterocycles. The molecule has 0 saturated heterocycles. The first-order valence-electron chi connectivity index (χ1n) is 14.1. The fourth-order valence-electron chi connectivity index (χ4n) is 5.66. The van der Waals surface area contributed by atoms with E-state index in [1.54, 1.807) is 6.08 Å². The van der Waals surface area contributed by atoms with Crippen LogP contribution in [0, 0.1) is 6.92 Å². The average Bonchev–Trinajstić information content (AvgIpc) is 3.36. The van der Waals surface area contributed by atoms with E-state index < -0.39 is 0 Å².